The molecule has 0 saturated carbocycles. The number of carbonyl (C=O) groups excluding carboxylic acids is 1. The smallest absolute Gasteiger partial charge is 0.263 e. The molecule has 0 unspecified atom stereocenters. The number of nitrogens with one attached hydrogen (secondary N) is 1. The number of hydrogen-bond donors (Lipinski definition) is 1. The monoisotopic (exact) mass is 401 g/mol. The molecule has 1 saturated heterocycles. The molecule has 11 heteroatoms. The number of rotatable bonds is 6. The van der Waals surface area contributed by atoms with Crippen LogP contribution in [-0.4, -0.2) is 50.7 Å². The summed E-state index contributed by atoms with van der Waals surface area (Å²) in [6.07, 6.45) is -1.00. The van der Waals surface area contributed by atoms with Gasteiger partial charge in [0.25, 0.3) is 6.43 Å². The Morgan fingerprint density at radius 3 is 2.66 bits per heavy atom. The molecule has 3 heterocycles. The van der Waals surface area contributed by atoms with Gasteiger partial charge in [0.15, 0.2) is 5.82 Å². The van der Waals surface area contributed by atoms with Crippen molar-refractivity contribution in [2.24, 2.45) is 0 Å². The van der Waals surface area contributed by atoms with E-state index in [1.807, 2.05) is 4.90 Å². The third kappa shape index (κ3) is 4.28. The zero-order valence-corrected chi connectivity index (χ0v) is 15.2. The van der Waals surface area contributed by atoms with Gasteiger partial charge in [0.05, 0.1) is 18.4 Å². The summed E-state index contributed by atoms with van der Waals surface area (Å²) in [7, 11) is 0. The van der Waals surface area contributed by atoms with E-state index < -0.39 is 6.43 Å². The number of benzene rings is 1. The Bertz CT molecular complexity index is 977. The lowest BCUT2D eigenvalue weighted by atomic mass is 10.2. The molecule has 2 aromatic heterocycles. The van der Waals surface area contributed by atoms with Crippen molar-refractivity contribution < 1.29 is 18.3 Å². The standard InChI is InChI=1S/C18H17F2N7O2/c19-18(20)12-1-3-13(4-2-12)27-14(9-22-25-27)11-29-17-6-5-15(23-24-17)26-8-7-21-16(28)10-26/h1-6,9,18H,7-8,10-11H2,(H,21,28). The van der Waals surface area contributed by atoms with Gasteiger partial charge in [0, 0.05) is 24.7 Å². The van der Waals surface area contributed by atoms with Crippen LogP contribution in [0.3, 0.4) is 0 Å². The number of nitrogens with zero attached hydrogens (tertiary/aromatic N) is 6. The number of halogens is 2. The van der Waals surface area contributed by atoms with Crippen LogP contribution in [0.15, 0.2) is 42.6 Å². The van der Waals surface area contributed by atoms with Gasteiger partial charge in [0.2, 0.25) is 11.8 Å². The van der Waals surface area contributed by atoms with E-state index in [1.54, 1.807) is 24.3 Å². The fraction of sp³-hybridized carbons (Fsp3) is 0.278. The predicted molar refractivity (Wildman–Crippen MR) is 97.9 cm³/mol. The largest absolute Gasteiger partial charge is 0.470 e. The second kappa shape index (κ2) is 8.17. The van der Waals surface area contributed by atoms with E-state index in [0.29, 0.717) is 36.2 Å². The summed E-state index contributed by atoms with van der Waals surface area (Å²) < 4.78 is 32.6. The van der Waals surface area contributed by atoms with Crippen molar-refractivity contribution in [3.05, 3.63) is 53.9 Å². The van der Waals surface area contributed by atoms with Gasteiger partial charge in [-0.15, -0.1) is 15.3 Å². The predicted octanol–water partition coefficient (Wildman–Crippen LogP) is 1.51. The highest BCUT2D eigenvalue weighted by Crippen LogP contribution is 2.21. The number of hydrogen-bond acceptors (Lipinski definition) is 7. The summed E-state index contributed by atoms with van der Waals surface area (Å²) in [6.45, 7) is 1.58. The van der Waals surface area contributed by atoms with Crippen molar-refractivity contribution in [3.63, 3.8) is 0 Å². The van der Waals surface area contributed by atoms with E-state index in [-0.39, 0.29) is 24.6 Å². The van der Waals surface area contributed by atoms with Crippen LogP contribution in [0.5, 0.6) is 5.88 Å². The lowest BCUT2D eigenvalue weighted by molar-refractivity contribution is -0.120. The summed E-state index contributed by atoms with van der Waals surface area (Å²) in [4.78, 5) is 13.3. The molecule has 1 aromatic carbocycles. The fourth-order valence-electron chi connectivity index (χ4n) is 2.87. The Kier molecular flexibility index (Phi) is 5.27. The number of anilines is 1. The molecule has 0 spiro atoms. The quantitative estimate of drug-likeness (QED) is 0.669. The van der Waals surface area contributed by atoms with Gasteiger partial charge in [-0.05, 0) is 18.2 Å². The Morgan fingerprint density at radius 1 is 1.14 bits per heavy atom. The van der Waals surface area contributed by atoms with E-state index in [2.05, 4.69) is 25.8 Å². The number of amides is 1. The van der Waals surface area contributed by atoms with Crippen LogP contribution in [-0.2, 0) is 11.4 Å². The van der Waals surface area contributed by atoms with Gasteiger partial charge in [0.1, 0.15) is 12.3 Å². The highest BCUT2D eigenvalue weighted by Gasteiger charge is 2.18. The maximum Gasteiger partial charge on any atom is 0.263 e. The molecule has 150 valence electrons. The average Bonchev–Trinajstić information content (AvgIpc) is 3.21. The molecule has 4 rings (SSSR count). The Morgan fingerprint density at radius 2 is 1.97 bits per heavy atom. The summed E-state index contributed by atoms with van der Waals surface area (Å²) >= 11 is 0. The third-order valence-electron chi connectivity index (χ3n) is 4.37. The van der Waals surface area contributed by atoms with E-state index in [9.17, 15) is 13.6 Å². The van der Waals surface area contributed by atoms with Crippen molar-refractivity contribution in [1.82, 2.24) is 30.5 Å². The maximum atomic E-state index is 12.7. The van der Waals surface area contributed by atoms with Crippen LogP contribution in [0.1, 0.15) is 17.7 Å². The van der Waals surface area contributed by atoms with Crippen LogP contribution < -0.4 is 15.0 Å². The van der Waals surface area contributed by atoms with Crippen molar-refractivity contribution in [2.45, 2.75) is 13.0 Å². The second-order valence-corrected chi connectivity index (χ2v) is 6.32. The normalized spacial score (nSPS) is 14.2. The van der Waals surface area contributed by atoms with Gasteiger partial charge in [-0.25, -0.2) is 13.5 Å². The fourth-order valence-corrected chi connectivity index (χ4v) is 2.87. The van der Waals surface area contributed by atoms with Crippen molar-refractivity contribution in [2.75, 3.05) is 24.5 Å². The van der Waals surface area contributed by atoms with E-state index in [1.165, 1.54) is 23.0 Å². The zero-order chi connectivity index (χ0) is 20.2. The summed E-state index contributed by atoms with van der Waals surface area (Å²) in [5, 5.41) is 18.7. The molecule has 0 atom stereocenters. The van der Waals surface area contributed by atoms with Crippen molar-refractivity contribution in [1.29, 1.82) is 0 Å². The molecular weight excluding hydrogens is 384 g/mol. The minimum atomic E-state index is -2.52. The molecular formula is C18H17F2N7O2. The molecule has 1 fully saturated rings. The topological polar surface area (TPSA) is 98.1 Å². The molecule has 1 N–H and O–H groups in total. The lowest BCUT2D eigenvalue weighted by Crippen LogP contribution is -2.48. The first kappa shape index (κ1) is 18.7. The van der Waals surface area contributed by atoms with E-state index in [4.69, 9.17) is 4.74 Å². The van der Waals surface area contributed by atoms with Gasteiger partial charge in [-0.2, -0.15) is 0 Å². The average molecular weight is 401 g/mol. The third-order valence-corrected chi connectivity index (χ3v) is 4.37. The summed E-state index contributed by atoms with van der Waals surface area (Å²) in [5.74, 6) is 0.842. The highest BCUT2D eigenvalue weighted by molar-refractivity contribution is 5.82. The number of alkyl halides is 2. The molecule has 1 aliphatic rings. The van der Waals surface area contributed by atoms with Gasteiger partial charge >= 0.3 is 0 Å². The molecule has 1 aliphatic heterocycles. The molecule has 29 heavy (non-hydrogen) atoms. The molecule has 0 radical (unpaired) electrons. The maximum absolute atomic E-state index is 12.7. The van der Waals surface area contributed by atoms with E-state index >= 15 is 0 Å². The van der Waals surface area contributed by atoms with Gasteiger partial charge < -0.3 is 15.0 Å². The number of piperazine rings is 1. The molecule has 3 aromatic rings. The van der Waals surface area contributed by atoms with Crippen LogP contribution >= 0.6 is 0 Å². The van der Waals surface area contributed by atoms with E-state index in [0.717, 1.165) is 0 Å². The molecule has 0 aliphatic carbocycles. The highest BCUT2D eigenvalue weighted by atomic mass is 19.3. The molecule has 0 bridgehead atoms. The number of ether oxygens (including phenoxy) is 1. The van der Waals surface area contributed by atoms with Gasteiger partial charge in [-0.3, -0.25) is 4.79 Å². The Labute approximate surface area is 164 Å². The second-order valence-electron chi connectivity index (χ2n) is 6.32. The first-order valence-corrected chi connectivity index (χ1v) is 8.86. The first-order valence-electron chi connectivity index (χ1n) is 8.86. The van der Waals surface area contributed by atoms with Crippen LogP contribution in [0, 0.1) is 0 Å². The first-order chi connectivity index (χ1) is 14.1. The Hall–Kier alpha value is -3.63. The van der Waals surface area contributed by atoms with Crippen LogP contribution in [0.2, 0.25) is 0 Å². The minimum Gasteiger partial charge on any atom is -0.470 e. The summed E-state index contributed by atoms with van der Waals surface area (Å²) in [6, 6.07) is 9.18. The molecule has 9 nitrogen and oxygen atoms in total. The Balaban J connectivity index is 1.41. The van der Waals surface area contributed by atoms with Crippen molar-refractivity contribution >= 4 is 11.7 Å². The van der Waals surface area contributed by atoms with Crippen LogP contribution in [0.4, 0.5) is 14.6 Å². The zero-order valence-electron chi connectivity index (χ0n) is 15.2. The lowest BCUT2D eigenvalue weighted by Gasteiger charge is -2.26. The SMILES string of the molecule is O=C1CN(c2ccc(OCc3cnnn3-c3ccc(C(F)F)cc3)nn2)CCN1. The number of carbonyl (C=O) groups is 1. The molecule has 1 amide bonds. The summed E-state index contributed by atoms with van der Waals surface area (Å²) in [5.41, 5.74) is 1.15. The minimum absolute atomic E-state index is 0.0549. The van der Waals surface area contributed by atoms with Crippen molar-refractivity contribution in [3.8, 4) is 11.6 Å². The van der Waals surface area contributed by atoms with Gasteiger partial charge in [-0.1, -0.05) is 17.3 Å². The number of aromatic nitrogens is 5. The van der Waals surface area contributed by atoms with Crippen LogP contribution in [0.25, 0.3) is 5.69 Å².